The predicted molar refractivity (Wildman–Crippen MR) is 42.2 cm³/mol. The first-order valence-electron chi connectivity index (χ1n) is 3.13. The van der Waals surface area contributed by atoms with Crippen LogP contribution in [-0.4, -0.2) is 18.1 Å². The quantitative estimate of drug-likeness (QED) is 0.493. The maximum absolute atomic E-state index is 8.96. The fraction of sp³-hybridized carbons (Fsp3) is 0.143. The van der Waals surface area contributed by atoms with Crippen LogP contribution in [0.15, 0.2) is 18.2 Å². The highest BCUT2D eigenvalue weighted by atomic mass is 16.3. The van der Waals surface area contributed by atoms with Crippen LogP contribution in [0.1, 0.15) is 5.56 Å². The molecule has 1 rings (SSSR count). The molecule has 52 valence electrons. The van der Waals surface area contributed by atoms with E-state index in [-0.39, 0.29) is 12.4 Å². The minimum Gasteiger partial charge on any atom is -0.508 e. The second kappa shape index (κ2) is 2.75. The van der Waals surface area contributed by atoms with E-state index in [1.54, 1.807) is 18.2 Å². The summed E-state index contributed by atoms with van der Waals surface area (Å²) in [4.78, 5) is 0. The zero-order chi connectivity index (χ0) is 7.56. The Hall–Kier alpha value is -0.955. The lowest BCUT2D eigenvalue weighted by atomic mass is 9.91. The maximum Gasteiger partial charge on any atom is 0.139 e. The van der Waals surface area contributed by atoms with E-state index in [9.17, 15) is 0 Å². The molecule has 2 nitrogen and oxygen atoms in total. The highest BCUT2D eigenvalue weighted by molar-refractivity contribution is 6.33. The van der Waals surface area contributed by atoms with Crippen molar-refractivity contribution in [2.24, 2.45) is 0 Å². The number of benzene rings is 1. The van der Waals surface area contributed by atoms with E-state index in [1.807, 2.05) is 7.85 Å². The van der Waals surface area contributed by atoms with Crippen LogP contribution in [0.5, 0.6) is 5.75 Å². The summed E-state index contributed by atoms with van der Waals surface area (Å²) in [6.45, 7) is -0.0137. The number of hydrogen-bond acceptors (Lipinski definition) is 2. The number of phenols is 1. The van der Waals surface area contributed by atoms with Gasteiger partial charge in [-0.3, -0.25) is 0 Å². The molecule has 0 saturated heterocycles. The average molecular weight is 136 g/mol. The van der Waals surface area contributed by atoms with Gasteiger partial charge < -0.3 is 10.2 Å². The van der Waals surface area contributed by atoms with Crippen molar-refractivity contribution in [1.29, 1.82) is 0 Å². The fourth-order valence-electron chi connectivity index (χ4n) is 0.828. The van der Waals surface area contributed by atoms with Gasteiger partial charge in [0.25, 0.3) is 0 Å². The van der Waals surface area contributed by atoms with Gasteiger partial charge in [0.2, 0.25) is 0 Å². The lowest BCUT2D eigenvalue weighted by Crippen LogP contribution is -2.08. The minimum absolute atomic E-state index is 0.0137. The summed E-state index contributed by atoms with van der Waals surface area (Å²) in [5, 5.41) is 17.7. The van der Waals surface area contributed by atoms with Crippen LogP contribution >= 0.6 is 0 Å². The molecule has 0 bridgehead atoms. The maximum atomic E-state index is 8.96. The number of aliphatic hydroxyl groups excluding tert-OH is 1. The molecule has 0 atom stereocenters. The predicted octanol–water partition coefficient (Wildman–Crippen LogP) is -0.857. The number of hydrogen-bond donors (Lipinski definition) is 2. The molecular weight excluding hydrogens is 127 g/mol. The van der Waals surface area contributed by atoms with Crippen molar-refractivity contribution < 1.29 is 10.2 Å². The standard InChI is InChI=1S/C7H9BO2/c8-7-2-1-6(10)3-5(7)4-9/h1-3,9-10H,4,8H2. The molecular formula is C7H9BO2. The Kier molecular flexibility index (Phi) is 1.97. The van der Waals surface area contributed by atoms with Crippen molar-refractivity contribution >= 4 is 13.3 Å². The third-order valence-electron chi connectivity index (χ3n) is 1.50. The molecule has 0 saturated carbocycles. The van der Waals surface area contributed by atoms with Crippen molar-refractivity contribution in [3.8, 4) is 5.75 Å². The van der Waals surface area contributed by atoms with Crippen LogP contribution in [0.4, 0.5) is 0 Å². The van der Waals surface area contributed by atoms with Crippen molar-refractivity contribution in [1.82, 2.24) is 0 Å². The number of rotatable bonds is 1. The molecule has 0 aliphatic carbocycles. The molecule has 0 aliphatic heterocycles. The van der Waals surface area contributed by atoms with E-state index in [4.69, 9.17) is 10.2 Å². The fourth-order valence-corrected chi connectivity index (χ4v) is 0.828. The lowest BCUT2D eigenvalue weighted by Gasteiger charge is -2.01. The summed E-state index contributed by atoms with van der Waals surface area (Å²) in [7, 11) is 1.89. The van der Waals surface area contributed by atoms with Gasteiger partial charge in [0, 0.05) is 0 Å². The summed E-state index contributed by atoms with van der Waals surface area (Å²) < 4.78 is 0. The van der Waals surface area contributed by atoms with Crippen LogP contribution in [-0.2, 0) is 6.61 Å². The van der Waals surface area contributed by atoms with Gasteiger partial charge in [-0.1, -0.05) is 11.5 Å². The van der Waals surface area contributed by atoms with E-state index >= 15 is 0 Å². The van der Waals surface area contributed by atoms with Gasteiger partial charge in [-0.05, 0) is 17.7 Å². The van der Waals surface area contributed by atoms with E-state index in [0.29, 0.717) is 0 Å². The van der Waals surface area contributed by atoms with Crippen molar-refractivity contribution in [2.45, 2.75) is 6.61 Å². The van der Waals surface area contributed by atoms with Crippen molar-refractivity contribution in [3.63, 3.8) is 0 Å². The van der Waals surface area contributed by atoms with Crippen LogP contribution in [0, 0.1) is 0 Å². The molecule has 1 aromatic carbocycles. The molecule has 0 fully saturated rings. The van der Waals surface area contributed by atoms with Crippen LogP contribution in [0.25, 0.3) is 0 Å². The van der Waals surface area contributed by atoms with Gasteiger partial charge in [-0.15, -0.1) is 0 Å². The molecule has 0 amide bonds. The van der Waals surface area contributed by atoms with Gasteiger partial charge >= 0.3 is 0 Å². The third-order valence-corrected chi connectivity index (χ3v) is 1.50. The topological polar surface area (TPSA) is 40.5 Å². The second-order valence-electron chi connectivity index (χ2n) is 2.27. The molecule has 1 aromatic rings. The molecule has 3 heteroatoms. The molecule has 0 unspecified atom stereocenters. The molecule has 2 N–H and O–H groups in total. The summed E-state index contributed by atoms with van der Waals surface area (Å²) in [5.74, 6) is 0.203. The largest absolute Gasteiger partial charge is 0.508 e. The Balaban J connectivity index is 3.09. The highest BCUT2D eigenvalue weighted by Crippen LogP contribution is 2.07. The normalized spacial score (nSPS) is 9.70. The number of phenolic OH excluding ortho intramolecular Hbond substituents is 1. The average Bonchev–Trinajstić information content (AvgIpc) is 1.94. The van der Waals surface area contributed by atoms with E-state index in [1.165, 1.54) is 0 Å². The first-order valence-corrected chi connectivity index (χ1v) is 3.13. The smallest absolute Gasteiger partial charge is 0.139 e. The second-order valence-corrected chi connectivity index (χ2v) is 2.27. The lowest BCUT2D eigenvalue weighted by molar-refractivity contribution is 0.282. The minimum atomic E-state index is -0.0137. The summed E-state index contributed by atoms with van der Waals surface area (Å²) >= 11 is 0. The molecule has 0 heterocycles. The SMILES string of the molecule is Bc1ccc(O)cc1CO. The van der Waals surface area contributed by atoms with Gasteiger partial charge in [-0.25, -0.2) is 0 Å². The van der Waals surface area contributed by atoms with Crippen molar-refractivity contribution in [3.05, 3.63) is 23.8 Å². The van der Waals surface area contributed by atoms with Crippen LogP contribution in [0.3, 0.4) is 0 Å². The molecule has 0 aromatic heterocycles. The van der Waals surface area contributed by atoms with Gasteiger partial charge in [-0.2, -0.15) is 0 Å². The first-order chi connectivity index (χ1) is 4.74. The Morgan fingerprint density at radius 1 is 1.40 bits per heavy atom. The molecule has 10 heavy (non-hydrogen) atoms. The zero-order valence-electron chi connectivity index (χ0n) is 5.83. The highest BCUT2D eigenvalue weighted by Gasteiger charge is 1.95. The molecule has 0 aliphatic rings. The van der Waals surface area contributed by atoms with Gasteiger partial charge in [0.15, 0.2) is 0 Å². The first kappa shape index (κ1) is 7.16. The number of aromatic hydroxyl groups is 1. The van der Waals surface area contributed by atoms with E-state index in [0.717, 1.165) is 11.0 Å². The number of aliphatic hydroxyl groups is 1. The summed E-state index contributed by atoms with van der Waals surface area (Å²) in [6.07, 6.45) is 0. The third kappa shape index (κ3) is 1.31. The Labute approximate surface area is 60.5 Å². The molecule has 0 radical (unpaired) electrons. The van der Waals surface area contributed by atoms with E-state index < -0.39 is 0 Å². The van der Waals surface area contributed by atoms with E-state index in [2.05, 4.69) is 0 Å². The Morgan fingerprint density at radius 3 is 2.60 bits per heavy atom. The zero-order valence-corrected chi connectivity index (χ0v) is 5.83. The Bertz CT molecular complexity index is 235. The van der Waals surface area contributed by atoms with Crippen LogP contribution < -0.4 is 5.46 Å². The molecule has 0 spiro atoms. The summed E-state index contributed by atoms with van der Waals surface area (Å²) in [5.41, 5.74) is 1.78. The van der Waals surface area contributed by atoms with Gasteiger partial charge in [0.05, 0.1) is 6.61 Å². The monoisotopic (exact) mass is 136 g/mol. The van der Waals surface area contributed by atoms with Gasteiger partial charge in [0.1, 0.15) is 13.6 Å². The Morgan fingerprint density at radius 2 is 2.10 bits per heavy atom. The van der Waals surface area contributed by atoms with Crippen molar-refractivity contribution in [2.75, 3.05) is 0 Å². The summed E-state index contributed by atoms with van der Waals surface area (Å²) in [6, 6.07) is 4.95. The van der Waals surface area contributed by atoms with Crippen LogP contribution in [0.2, 0.25) is 0 Å².